The molecule has 5 nitrogen and oxygen atoms in total. The van der Waals surface area contributed by atoms with E-state index >= 15 is 0 Å². The second kappa shape index (κ2) is 7.40. The number of hydrogen-bond donors (Lipinski definition) is 1. The summed E-state index contributed by atoms with van der Waals surface area (Å²) < 4.78 is 19.6. The van der Waals surface area contributed by atoms with Crippen LogP contribution in [0.3, 0.4) is 0 Å². The zero-order chi connectivity index (χ0) is 16.9. The summed E-state index contributed by atoms with van der Waals surface area (Å²) in [5.74, 6) is -0.312. The van der Waals surface area contributed by atoms with E-state index < -0.39 is 6.10 Å². The van der Waals surface area contributed by atoms with E-state index in [0.717, 1.165) is 5.56 Å². The van der Waals surface area contributed by atoms with Gasteiger partial charge in [0.15, 0.2) is 0 Å². The summed E-state index contributed by atoms with van der Waals surface area (Å²) >= 11 is 0. The maximum atomic E-state index is 13.9. The molecule has 126 valence electrons. The summed E-state index contributed by atoms with van der Waals surface area (Å²) in [4.78, 5) is 18.2. The first-order valence-electron chi connectivity index (χ1n) is 7.96. The van der Waals surface area contributed by atoms with Gasteiger partial charge in [0.2, 0.25) is 0 Å². The minimum Gasteiger partial charge on any atom is -0.370 e. The van der Waals surface area contributed by atoms with Crippen LogP contribution in [0.2, 0.25) is 0 Å². The monoisotopic (exact) mass is 329 g/mol. The van der Waals surface area contributed by atoms with Crippen LogP contribution in [-0.4, -0.2) is 35.6 Å². The molecule has 2 atom stereocenters. The van der Waals surface area contributed by atoms with E-state index in [1.807, 2.05) is 19.1 Å². The number of pyridine rings is 1. The molecule has 1 N–H and O–H groups in total. The van der Waals surface area contributed by atoms with E-state index in [-0.39, 0.29) is 17.9 Å². The average molecular weight is 329 g/mol. The average Bonchev–Trinajstić information content (AvgIpc) is 2.63. The normalized spacial score (nSPS) is 18.9. The van der Waals surface area contributed by atoms with Crippen LogP contribution in [0, 0.1) is 5.82 Å². The zero-order valence-corrected chi connectivity index (χ0v) is 13.5. The summed E-state index contributed by atoms with van der Waals surface area (Å²) in [6.07, 6.45) is 2.98. The van der Waals surface area contributed by atoms with Gasteiger partial charge >= 0.3 is 6.03 Å². The van der Waals surface area contributed by atoms with E-state index in [9.17, 15) is 9.18 Å². The second-order valence-electron chi connectivity index (χ2n) is 5.78. The topological polar surface area (TPSA) is 54.5 Å². The predicted molar refractivity (Wildman–Crippen MR) is 87.8 cm³/mol. The summed E-state index contributed by atoms with van der Waals surface area (Å²) in [5.41, 5.74) is 1.42. The van der Waals surface area contributed by atoms with E-state index in [1.165, 1.54) is 6.07 Å². The third-order valence-electron chi connectivity index (χ3n) is 4.13. The summed E-state index contributed by atoms with van der Waals surface area (Å²) in [6.45, 7) is 3.10. The molecule has 1 fully saturated rings. The first-order chi connectivity index (χ1) is 11.6. The van der Waals surface area contributed by atoms with Crippen LogP contribution in [0.4, 0.5) is 9.18 Å². The molecule has 3 rings (SSSR count). The molecule has 1 aliphatic heterocycles. The molecule has 0 unspecified atom stereocenters. The SMILES string of the molecule is C[C@@H](NC(=O)N1CCO[C@@H](c2ccccc2F)C1)c1cccnc1. The number of morpholine rings is 1. The predicted octanol–water partition coefficient (Wildman–Crippen LogP) is 3.06. The number of nitrogens with zero attached hydrogens (tertiary/aromatic N) is 2. The van der Waals surface area contributed by atoms with Gasteiger partial charge in [0, 0.05) is 24.5 Å². The smallest absolute Gasteiger partial charge is 0.318 e. The van der Waals surface area contributed by atoms with E-state index in [1.54, 1.807) is 35.5 Å². The van der Waals surface area contributed by atoms with Gasteiger partial charge in [-0.05, 0) is 24.6 Å². The summed E-state index contributed by atoms with van der Waals surface area (Å²) in [5, 5.41) is 2.95. The Bertz CT molecular complexity index is 696. The number of benzene rings is 1. The zero-order valence-electron chi connectivity index (χ0n) is 13.5. The van der Waals surface area contributed by atoms with Crippen molar-refractivity contribution in [2.24, 2.45) is 0 Å². The quantitative estimate of drug-likeness (QED) is 0.941. The first-order valence-corrected chi connectivity index (χ1v) is 7.96. The molecule has 1 aliphatic rings. The van der Waals surface area contributed by atoms with Gasteiger partial charge in [0.05, 0.1) is 19.2 Å². The molecule has 0 spiro atoms. The number of ether oxygens (including phenoxy) is 1. The molecule has 1 aromatic carbocycles. The lowest BCUT2D eigenvalue weighted by Gasteiger charge is -2.34. The molecular weight excluding hydrogens is 309 g/mol. The number of rotatable bonds is 3. The van der Waals surface area contributed by atoms with Crippen molar-refractivity contribution >= 4 is 6.03 Å². The van der Waals surface area contributed by atoms with Crippen molar-refractivity contribution in [2.45, 2.75) is 19.1 Å². The van der Waals surface area contributed by atoms with Crippen LogP contribution in [0.15, 0.2) is 48.8 Å². The molecule has 2 aromatic rings. The minimum absolute atomic E-state index is 0.152. The highest BCUT2D eigenvalue weighted by atomic mass is 19.1. The molecule has 2 heterocycles. The first kappa shape index (κ1) is 16.4. The molecule has 2 amide bonds. The number of carbonyl (C=O) groups excluding carboxylic acids is 1. The number of nitrogens with one attached hydrogen (secondary N) is 1. The summed E-state index contributed by atoms with van der Waals surface area (Å²) in [7, 11) is 0. The molecule has 6 heteroatoms. The highest BCUT2D eigenvalue weighted by molar-refractivity contribution is 5.74. The third-order valence-corrected chi connectivity index (χ3v) is 4.13. The van der Waals surface area contributed by atoms with Crippen molar-refractivity contribution in [3.8, 4) is 0 Å². The number of aromatic nitrogens is 1. The lowest BCUT2D eigenvalue weighted by atomic mass is 10.1. The van der Waals surface area contributed by atoms with Crippen molar-refractivity contribution in [2.75, 3.05) is 19.7 Å². The van der Waals surface area contributed by atoms with Gasteiger partial charge < -0.3 is 15.0 Å². The van der Waals surface area contributed by atoms with Crippen molar-refractivity contribution in [3.63, 3.8) is 0 Å². The fourth-order valence-electron chi connectivity index (χ4n) is 2.75. The fraction of sp³-hybridized carbons (Fsp3) is 0.333. The highest BCUT2D eigenvalue weighted by Crippen LogP contribution is 2.24. The lowest BCUT2D eigenvalue weighted by molar-refractivity contribution is -0.0174. The van der Waals surface area contributed by atoms with Gasteiger partial charge in [-0.15, -0.1) is 0 Å². The van der Waals surface area contributed by atoms with Gasteiger partial charge in [-0.3, -0.25) is 4.98 Å². The van der Waals surface area contributed by atoms with Crippen LogP contribution in [0.5, 0.6) is 0 Å². The van der Waals surface area contributed by atoms with Crippen LogP contribution < -0.4 is 5.32 Å². The Morgan fingerprint density at radius 1 is 1.38 bits per heavy atom. The molecule has 0 aliphatic carbocycles. The molecule has 0 radical (unpaired) electrons. The van der Waals surface area contributed by atoms with E-state index in [0.29, 0.717) is 25.3 Å². The fourth-order valence-corrected chi connectivity index (χ4v) is 2.75. The van der Waals surface area contributed by atoms with Crippen LogP contribution in [0.25, 0.3) is 0 Å². The summed E-state index contributed by atoms with van der Waals surface area (Å²) in [6, 6.07) is 9.92. The highest BCUT2D eigenvalue weighted by Gasteiger charge is 2.27. The van der Waals surface area contributed by atoms with Gasteiger partial charge in [-0.25, -0.2) is 9.18 Å². The van der Waals surface area contributed by atoms with Gasteiger partial charge in [-0.2, -0.15) is 0 Å². The number of urea groups is 1. The Morgan fingerprint density at radius 2 is 2.21 bits per heavy atom. The second-order valence-corrected chi connectivity index (χ2v) is 5.78. The largest absolute Gasteiger partial charge is 0.370 e. The Hall–Kier alpha value is -2.47. The number of carbonyl (C=O) groups is 1. The van der Waals surface area contributed by atoms with Gasteiger partial charge in [0.25, 0.3) is 0 Å². The molecular formula is C18H20FN3O2. The number of hydrogen-bond acceptors (Lipinski definition) is 3. The van der Waals surface area contributed by atoms with E-state index in [2.05, 4.69) is 10.3 Å². The van der Waals surface area contributed by atoms with Crippen molar-refractivity contribution < 1.29 is 13.9 Å². The van der Waals surface area contributed by atoms with E-state index in [4.69, 9.17) is 4.74 Å². The Kier molecular flexibility index (Phi) is 5.05. The molecule has 0 bridgehead atoms. The van der Waals surface area contributed by atoms with Crippen molar-refractivity contribution in [3.05, 3.63) is 65.7 Å². The Morgan fingerprint density at radius 3 is 2.96 bits per heavy atom. The van der Waals surface area contributed by atoms with Crippen LogP contribution in [-0.2, 0) is 4.74 Å². The molecule has 24 heavy (non-hydrogen) atoms. The number of halogens is 1. The maximum Gasteiger partial charge on any atom is 0.318 e. The van der Waals surface area contributed by atoms with Gasteiger partial charge in [0.1, 0.15) is 11.9 Å². The maximum absolute atomic E-state index is 13.9. The van der Waals surface area contributed by atoms with Crippen molar-refractivity contribution in [1.82, 2.24) is 15.2 Å². The lowest BCUT2D eigenvalue weighted by Crippen LogP contribution is -2.47. The molecule has 1 aromatic heterocycles. The molecule has 1 saturated heterocycles. The van der Waals surface area contributed by atoms with Crippen molar-refractivity contribution in [1.29, 1.82) is 0 Å². The standard InChI is InChI=1S/C18H20FN3O2/c1-13(14-5-4-8-20-11-14)21-18(23)22-9-10-24-17(12-22)15-6-2-3-7-16(15)19/h2-8,11,13,17H,9-10,12H2,1H3,(H,21,23)/t13-,17-/m1/s1. The Labute approximate surface area is 140 Å². The Balaban J connectivity index is 1.64. The minimum atomic E-state index is -0.445. The third kappa shape index (κ3) is 3.71. The van der Waals surface area contributed by atoms with Gasteiger partial charge in [-0.1, -0.05) is 24.3 Å². The number of amides is 2. The van der Waals surface area contributed by atoms with Crippen LogP contribution in [0.1, 0.15) is 30.2 Å². The molecule has 0 saturated carbocycles. The van der Waals surface area contributed by atoms with Crippen LogP contribution >= 0.6 is 0 Å².